The molecule has 0 saturated carbocycles. The van der Waals surface area contributed by atoms with Gasteiger partial charge in [-0.3, -0.25) is 9.78 Å². The van der Waals surface area contributed by atoms with E-state index < -0.39 is 0 Å². The maximum atomic E-state index is 12.7. The number of hydrogen-bond donors (Lipinski definition) is 0. The number of carbonyl (C=O) groups excluding carboxylic acids is 1. The highest BCUT2D eigenvalue weighted by Gasteiger charge is 2.03. The largest absolute Gasteiger partial charge is 0.294 e. The number of Topliss-reactive ketones (excluding diaryl/α,β-unsaturated/α-hetero) is 1. The molecule has 0 saturated heterocycles. The van der Waals surface area contributed by atoms with E-state index in [0.717, 1.165) is 11.1 Å². The lowest BCUT2D eigenvalue weighted by Gasteiger charge is -2.02. The maximum absolute atomic E-state index is 12.7. The third-order valence-electron chi connectivity index (χ3n) is 2.32. The van der Waals surface area contributed by atoms with Gasteiger partial charge >= 0.3 is 0 Å². The van der Waals surface area contributed by atoms with Crippen molar-refractivity contribution in [1.82, 2.24) is 4.98 Å². The molecule has 18 heavy (non-hydrogen) atoms. The van der Waals surface area contributed by atoms with E-state index in [4.69, 9.17) is 0 Å². The van der Waals surface area contributed by atoms with Crippen LogP contribution in [0.2, 0.25) is 0 Å². The van der Waals surface area contributed by atoms with Gasteiger partial charge < -0.3 is 0 Å². The predicted molar refractivity (Wildman–Crippen MR) is 71.0 cm³/mol. The Morgan fingerprint density at radius 2 is 1.67 bits per heavy atom. The van der Waals surface area contributed by atoms with Gasteiger partial charge in [0.25, 0.3) is 0 Å². The van der Waals surface area contributed by atoms with Crippen LogP contribution < -0.4 is 0 Å². The number of nitrogens with zero attached hydrogens (tertiary/aromatic N) is 1. The first-order valence-corrected chi connectivity index (χ1v) is 5.89. The summed E-state index contributed by atoms with van der Waals surface area (Å²) in [6.07, 6.45) is 3.18. The van der Waals surface area contributed by atoms with Crippen molar-refractivity contribution in [3.8, 4) is 11.1 Å². The molecule has 0 aliphatic heterocycles. The topological polar surface area (TPSA) is 30.0 Å². The van der Waals surface area contributed by atoms with Crippen LogP contribution in [0.25, 0.3) is 11.1 Å². The molecule has 1 aromatic heterocycles. The highest BCUT2D eigenvalue weighted by atomic mass is 19.1. The lowest BCUT2D eigenvalue weighted by atomic mass is 10.1. The number of pyridine rings is 1. The van der Waals surface area contributed by atoms with E-state index in [1.165, 1.54) is 25.3 Å². The van der Waals surface area contributed by atoms with Gasteiger partial charge in [-0.05, 0) is 30.7 Å². The summed E-state index contributed by atoms with van der Waals surface area (Å²) < 4.78 is 12.7. The molecule has 2 aromatic rings. The van der Waals surface area contributed by atoms with Crippen molar-refractivity contribution < 1.29 is 9.18 Å². The van der Waals surface area contributed by atoms with Crippen molar-refractivity contribution in [2.75, 3.05) is 0 Å². The van der Waals surface area contributed by atoms with Crippen LogP contribution in [0.5, 0.6) is 0 Å². The first kappa shape index (κ1) is 14.0. The maximum Gasteiger partial charge on any atom is 0.161 e. The summed E-state index contributed by atoms with van der Waals surface area (Å²) in [5, 5.41) is 0. The quantitative estimate of drug-likeness (QED) is 0.745. The fourth-order valence-corrected chi connectivity index (χ4v) is 1.43. The number of halogens is 1. The first-order chi connectivity index (χ1) is 8.66. The van der Waals surface area contributed by atoms with E-state index in [9.17, 15) is 9.18 Å². The Morgan fingerprint density at radius 1 is 1.06 bits per heavy atom. The normalized spacial score (nSPS) is 9.33. The second-order valence-corrected chi connectivity index (χ2v) is 3.53. The highest BCUT2D eigenvalue weighted by molar-refractivity contribution is 5.94. The van der Waals surface area contributed by atoms with E-state index in [1.54, 1.807) is 24.4 Å². The standard InChI is InChI=1S/C13H10FNO.C2H6/c1-9(16)11-6-12(8-15-7-11)10-2-4-13(14)5-3-10;1-2/h2-8H,1H3;1-2H3. The van der Waals surface area contributed by atoms with Crippen molar-refractivity contribution >= 4 is 5.78 Å². The molecule has 0 unspecified atom stereocenters. The predicted octanol–water partition coefficient (Wildman–Crippen LogP) is 4.12. The molecule has 0 fully saturated rings. The average molecular weight is 245 g/mol. The first-order valence-electron chi connectivity index (χ1n) is 5.89. The molecule has 0 radical (unpaired) electrons. The summed E-state index contributed by atoms with van der Waals surface area (Å²) >= 11 is 0. The molecule has 2 rings (SSSR count). The molecular weight excluding hydrogens is 229 g/mol. The van der Waals surface area contributed by atoms with Crippen molar-refractivity contribution in [2.24, 2.45) is 0 Å². The lowest BCUT2D eigenvalue weighted by Crippen LogP contribution is -1.93. The molecule has 0 spiro atoms. The van der Waals surface area contributed by atoms with Crippen LogP contribution in [0.4, 0.5) is 4.39 Å². The molecule has 1 heterocycles. The molecule has 2 nitrogen and oxygen atoms in total. The molecule has 94 valence electrons. The van der Waals surface area contributed by atoms with E-state index in [-0.39, 0.29) is 11.6 Å². The lowest BCUT2D eigenvalue weighted by molar-refractivity contribution is 0.101. The Balaban J connectivity index is 0.000000771. The van der Waals surface area contributed by atoms with Gasteiger partial charge in [0.05, 0.1) is 0 Å². The summed E-state index contributed by atoms with van der Waals surface area (Å²) in [6, 6.07) is 7.85. The summed E-state index contributed by atoms with van der Waals surface area (Å²) in [5.41, 5.74) is 2.21. The Hall–Kier alpha value is -2.03. The Labute approximate surface area is 107 Å². The fourth-order valence-electron chi connectivity index (χ4n) is 1.43. The Kier molecular flexibility index (Phi) is 5.18. The van der Waals surface area contributed by atoms with Gasteiger partial charge in [-0.15, -0.1) is 0 Å². The zero-order valence-corrected chi connectivity index (χ0v) is 10.8. The van der Waals surface area contributed by atoms with Crippen LogP contribution in [-0.4, -0.2) is 10.8 Å². The second-order valence-electron chi connectivity index (χ2n) is 3.53. The average Bonchev–Trinajstić information content (AvgIpc) is 2.42. The third kappa shape index (κ3) is 3.48. The smallest absolute Gasteiger partial charge is 0.161 e. The van der Waals surface area contributed by atoms with Crippen molar-refractivity contribution in [3.05, 3.63) is 54.1 Å². The molecule has 3 heteroatoms. The highest BCUT2D eigenvalue weighted by Crippen LogP contribution is 2.19. The number of ketones is 1. The molecule has 0 aliphatic rings. The van der Waals surface area contributed by atoms with Crippen LogP contribution in [0.1, 0.15) is 31.1 Å². The second kappa shape index (κ2) is 6.64. The van der Waals surface area contributed by atoms with E-state index >= 15 is 0 Å². The van der Waals surface area contributed by atoms with E-state index in [2.05, 4.69) is 4.98 Å². The molecule has 0 atom stereocenters. The summed E-state index contributed by atoms with van der Waals surface area (Å²) in [6.45, 7) is 5.49. The van der Waals surface area contributed by atoms with Crippen LogP contribution in [-0.2, 0) is 0 Å². The molecule has 0 amide bonds. The zero-order valence-electron chi connectivity index (χ0n) is 10.8. The SMILES string of the molecule is CC.CC(=O)c1cncc(-c2ccc(F)cc2)c1. The number of carbonyl (C=O) groups is 1. The number of hydrogen-bond acceptors (Lipinski definition) is 2. The van der Waals surface area contributed by atoms with Crippen molar-refractivity contribution in [1.29, 1.82) is 0 Å². The zero-order chi connectivity index (χ0) is 13.5. The van der Waals surface area contributed by atoms with Crippen LogP contribution >= 0.6 is 0 Å². The van der Waals surface area contributed by atoms with Crippen molar-refractivity contribution in [2.45, 2.75) is 20.8 Å². The third-order valence-corrected chi connectivity index (χ3v) is 2.32. The molecule has 0 aliphatic carbocycles. The minimum absolute atomic E-state index is 0.0311. The fraction of sp³-hybridized carbons (Fsp3) is 0.200. The summed E-state index contributed by atoms with van der Waals surface area (Å²) in [5.74, 6) is -0.309. The van der Waals surface area contributed by atoms with Gasteiger partial charge in [0.2, 0.25) is 0 Å². The van der Waals surface area contributed by atoms with Gasteiger partial charge in [0, 0.05) is 23.5 Å². The van der Waals surface area contributed by atoms with Gasteiger partial charge in [0.1, 0.15) is 5.82 Å². The Morgan fingerprint density at radius 3 is 2.22 bits per heavy atom. The molecule has 1 aromatic carbocycles. The van der Waals surface area contributed by atoms with Crippen molar-refractivity contribution in [3.63, 3.8) is 0 Å². The van der Waals surface area contributed by atoms with E-state index in [1.807, 2.05) is 13.8 Å². The van der Waals surface area contributed by atoms with Crippen LogP contribution in [0.3, 0.4) is 0 Å². The van der Waals surface area contributed by atoms with Crippen LogP contribution in [0.15, 0.2) is 42.7 Å². The number of rotatable bonds is 2. The van der Waals surface area contributed by atoms with Gasteiger partial charge in [-0.2, -0.15) is 0 Å². The minimum Gasteiger partial charge on any atom is -0.294 e. The van der Waals surface area contributed by atoms with Gasteiger partial charge in [-0.25, -0.2) is 4.39 Å². The molecule has 0 N–H and O–H groups in total. The summed E-state index contributed by atoms with van der Waals surface area (Å²) in [7, 11) is 0. The molecule has 0 bridgehead atoms. The number of aromatic nitrogens is 1. The Bertz CT molecular complexity index is 520. The van der Waals surface area contributed by atoms with Crippen LogP contribution in [0, 0.1) is 5.82 Å². The monoisotopic (exact) mass is 245 g/mol. The number of benzene rings is 1. The van der Waals surface area contributed by atoms with Gasteiger partial charge in [-0.1, -0.05) is 26.0 Å². The minimum atomic E-state index is -0.278. The van der Waals surface area contributed by atoms with E-state index in [0.29, 0.717) is 5.56 Å². The van der Waals surface area contributed by atoms with Gasteiger partial charge in [0.15, 0.2) is 5.78 Å². The summed E-state index contributed by atoms with van der Waals surface area (Å²) in [4.78, 5) is 15.2. The molecular formula is C15H16FNO.